The molecule has 0 aromatic heterocycles. The molecule has 2 aliphatic rings. The van der Waals surface area contributed by atoms with Gasteiger partial charge in [0.25, 0.3) is 0 Å². The molecule has 0 aromatic rings. The molecule has 2 fully saturated rings. The van der Waals surface area contributed by atoms with E-state index in [1.54, 1.807) is 0 Å². The summed E-state index contributed by atoms with van der Waals surface area (Å²) >= 11 is 0. The molecule has 2 saturated heterocycles. The van der Waals surface area contributed by atoms with Crippen LogP contribution >= 0.6 is 0 Å². The molecule has 166 valence electrons. The molecule has 0 aromatic carbocycles. The SMILES string of the molecule is CO[C@@H]1O[C@H](CO)[C@@H](O)[C@H](O[C@@H]2O[C@H](COS(=O)(=O)[O-])[C@@H](O)[C@H](O)[C@H]2O)[C@H]1O.[Na+]. The minimum atomic E-state index is -5.13. The number of hydrogen-bond acceptors (Lipinski definition) is 14. The zero-order valence-corrected chi connectivity index (χ0v) is 18.4. The predicted octanol–water partition coefficient (Wildman–Crippen LogP) is -8.25. The summed E-state index contributed by atoms with van der Waals surface area (Å²) in [5, 5.41) is 59.5. The van der Waals surface area contributed by atoms with Gasteiger partial charge in [-0.2, -0.15) is 0 Å². The zero-order chi connectivity index (χ0) is 21.2. The van der Waals surface area contributed by atoms with Crippen molar-refractivity contribution < 1.29 is 96.3 Å². The summed E-state index contributed by atoms with van der Waals surface area (Å²) in [5.41, 5.74) is 0. The van der Waals surface area contributed by atoms with Gasteiger partial charge in [0.2, 0.25) is 10.4 Å². The van der Waals surface area contributed by atoms with E-state index in [1.165, 1.54) is 7.11 Å². The standard InChI is InChI=1S/C13H24O14S.Na/c1-23-12-10(19)11(7(16)4(2-14)25-12)27-13-9(18)8(17)6(15)5(26-13)3-24-28(20,21)22;/h4-19H,2-3H2,1H3,(H,20,21,22);/q;+1/p-1/t4-,5-,6-,7-,8+,9-,10-,11+,12-,13+;/m1./s1. The van der Waals surface area contributed by atoms with Gasteiger partial charge in [-0.1, -0.05) is 0 Å². The van der Waals surface area contributed by atoms with Crippen LogP contribution < -0.4 is 29.6 Å². The van der Waals surface area contributed by atoms with Gasteiger partial charge in [-0.25, -0.2) is 8.42 Å². The van der Waals surface area contributed by atoms with E-state index in [0.717, 1.165) is 0 Å². The topological polar surface area (TPSA) is 225 Å². The number of hydrogen-bond donors (Lipinski definition) is 6. The molecule has 2 aliphatic heterocycles. The Morgan fingerprint density at radius 2 is 1.48 bits per heavy atom. The van der Waals surface area contributed by atoms with E-state index in [9.17, 15) is 43.6 Å². The molecule has 0 bridgehead atoms. The number of aliphatic hydroxyl groups is 6. The first kappa shape index (κ1) is 27.5. The maximum absolute atomic E-state index is 10.6. The molecule has 2 heterocycles. The number of aliphatic hydroxyl groups excluding tert-OH is 6. The minimum absolute atomic E-state index is 0. The average Bonchev–Trinajstić information content (AvgIpc) is 2.63. The van der Waals surface area contributed by atoms with Crippen LogP contribution in [0.3, 0.4) is 0 Å². The Kier molecular flexibility index (Phi) is 10.8. The first-order valence-electron chi connectivity index (χ1n) is 8.10. The molecular formula is C13H23NaO14S. The van der Waals surface area contributed by atoms with E-state index >= 15 is 0 Å². The van der Waals surface area contributed by atoms with Crippen LogP contribution in [0, 0.1) is 0 Å². The number of rotatable bonds is 7. The molecule has 2 rings (SSSR count). The van der Waals surface area contributed by atoms with E-state index in [1.807, 2.05) is 0 Å². The van der Waals surface area contributed by atoms with Crippen LogP contribution in [-0.2, 0) is 33.5 Å². The maximum atomic E-state index is 10.6. The molecule has 14 nitrogen and oxygen atoms in total. The molecule has 10 atom stereocenters. The third-order valence-corrected chi connectivity index (χ3v) is 4.82. The normalized spacial score (nSPS) is 43.6. The molecule has 0 radical (unpaired) electrons. The molecule has 6 N–H and O–H groups in total. The Morgan fingerprint density at radius 1 is 0.897 bits per heavy atom. The van der Waals surface area contributed by atoms with Gasteiger partial charge in [0.05, 0.1) is 13.2 Å². The van der Waals surface area contributed by atoms with E-state index in [2.05, 4.69) is 4.18 Å². The van der Waals surface area contributed by atoms with Crippen LogP contribution in [0.5, 0.6) is 0 Å². The first-order valence-corrected chi connectivity index (χ1v) is 9.44. The Labute approximate surface area is 188 Å². The van der Waals surface area contributed by atoms with Crippen molar-refractivity contribution in [2.45, 2.75) is 61.4 Å². The van der Waals surface area contributed by atoms with Crippen molar-refractivity contribution in [2.24, 2.45) is 0 Å². The van der Waals surface area contributed by atoms with Gasteiger partial charge >= 0.3 is 29.6 Å². The quantitative estimate of drug-likeness (QED) is 0.118. The van der Waals surface area contributed by atoms with Crippen LogP contribution in [0.2, 0.25) is 0 Å². The Morgan fingerprint density at radius 3 is 2.00 bits per heavy atom. The molecule has 0 aliphatic carbocycles. The second kappa shape index (κ2) is 11.4. The fraction of sp³-hybridized carbons (Fsp3) is 1.00. The minimum Gasteiger partial charge on any atom is -0.726 e. The van der Waals surface area contributed by atoms with Crippen molar-refractivity contribution in [1.82, 2.24) is 0 Å². The van der Waals surface area contributed by atoms with Crippen LogP contribution in [0.25, 0.3) is 0 Å². The summed E-state index contributed by atoms with van der Waals surface area (Å²) in [6.45, 7) is -1.66. The van der Waals surface area contributed by atoms with Crippen LogP contribution in [0.4, 0.5) is 0 Å². The van der Waals surface area contributed by atoms with Crippen molar-refractivity contribution in [2.75, 3.05) is 20.3 Å². The maximum Gasteiger partial charge on any atom is 1.00 e. The third-order valence-electron chi connectivity index (χ3n) is 4.39. The van der Waals surface area contributed by atoms with Gasteiger partial charge in [0.1, 0.15) is 48.8 Å². The van der Waals surface area contributed by atoms with Gasteiger partial charge in [0, 0.05) is 7.11 Å². The van der Waals surface area contributed by atoms with Crippen LogP contribution in [0.15, 0.2) is 0 Å². The average molecular weight is 458 g/mol. The van der Waals surface area contributed by atoms with Crippen molar-refractivity contribution >= 4 is 10.4 Å². The van der Waals surface area contributed by atoms with Gasteiger partial charge in [-0.05, 0) is 0 Å². The van der Waals surface area contributed by atoms with Crippen molar-refractivity contribution in [3.63, 3.8) is 0 Å². The largest absolute Gasteiger partial charge is 1.00 e. The Bertz CT molecular complexity index is 590. The Hall–Kier alpha value is 0.470. The van der Waals surface area contributed by atoms with Gasteiger partial charge < -0.3 is 54.1 Å². The molecule has 0 amide bonds. The molecule has 0 saturated carbocycles. The van der Waals surface area contributed by atoms with Gasteiger partial charge in [-0.3, -0.25) is 4.18 Å². The molecule has 16 heteroatoms. The Balaban J connectivity index is 0.00000420. The molecule has 29 heavy (non-hydrogen) atoms. The summed E-state index contributed by atoms with van der Waals surface area (Å²) in [6.07, 6.45) is -16.3. The summed E-state index contributed by atoms with van der Waals surface area (Å²) in [4.78, 5) is 0. The van der Waals surface area contributed by atoms with Crippen molar-refractivity contribution in [1.29, 1.82) is 0 Å². The third kappa shape index (κ3) is 6.72. The van der Waals surface area contributed by atoms with Gasteiger partial charge in [-0.15, -0.1) is 0 Å². The van der Waals surface area contributed by atoms with Crippen LogP contribution in [-0.4, -0.2) is 125 Å². The second-order valence-corrected chi connectivity index (χ2v) is 7.30. The molecular weight excluding hydrogens is 435 g/mol. The van der Waals surface area contributed by atoms with E-state index in [4.69, 9.17) is 18.9 Å². The summed E-state index contributed by atoms with van der Waals surface area (Å²) in [6, 6.07) is 0. The zero-order valence-electron chi connectivity index (χ0n) is 15.5. The second-order valence-electron chi connectivity index (χ2n) is 6.25. The van der Waals surface area contributed by atoms with Crippen molar-refractivity contribution in [3.05, 3.63) is 0 Å². The monoisotopic (exact) mass is 458 g/mol. The van der Waals surface area contributed by atoms with E-state index < -0.39 is 85.0 Å². The number of ether oxygens (including phenoxy) is 4. The predicted molar refractivity (Wildman–Crippen MR) is 82.0 cm³/mol. The molecule has 0 spiro atoms. The van der Waals surface area contributed by atoms with E-state index in [-0.39, 0.29) is 29.6 Å². The van der Waals surface area contributed by atoms with Crippen molar-refractivity contribution in [3.8, 4) is 0 Å². The fourth-order valence-electron chi connectivity index (χ4n) is 2.88. The first-order chi connectivity index (χ1) is 13.0. The number of methoxy groups -OCH3 is 1. The smallest absolute Gasteiger partial charge is 0.726 e. The van der Waals surface area contributed by atoms with E-state index in [0.29, 0.717) is 0 Å². The summed E-state index contributed by atoms with van der Waals surface area (Å²) in [5.74, 6) is 0. The molecule has 0 unspecified atom stereocenters. The summed E-state index contributed by atoms with van der Waals surface area (Å²) < 4.78 is 56.2. The summed E-state index contributed by atoms with van der Waals surface area (Å²) in [7, 11) is -3.95. The van der Waals surface area contributed by atoms with Crippen LogP contribution in [0.1, 0.15) is 0 Å². The fourth-order valence-corrected chi connectivity index (χ4v) is 3.18. The van der Waals surface area contributed by atoms with Gasteiger partial charge in [0.15, 0.2) is 12.6 Å².